The Morgan fingerprint density at radius 3 is 2.90 bits per heavy atom. The van der Waals surface area contributed by atoms with Crippen LogP contribution in [0.2, 0.25) is 0 Å². The predicted octanol–water partition coefficient (Wildman–Crippen LogP) is 0.184. The number of aromatic nitrogens is 2. The molecule has 0 bridgehead atoms. The Hall–Kier alpha value is -2.08. The molecule has 7 N–H and O–H groups in total. The molecule has 2 heterocycles. The molecular weight excluding hydrogens is 330 g/mol. The number of rotatable bonds is 4. The largest absolute Gasteiger partial charge is 0.349 e. The first-order valence-corrected chi connectivity index (χ1v) is 7.67. The van der Waals surface area contributed by atoms with E-state index in [-0.39, 0.29) is 5.96 Å². The van der Waals surface area contributed by atoms with Gasteiger partial charge in [0.2, 0.25) is 5.69 Å². The monoisotopic (exact) mass is 347 g/mol. The average molecular weight is 348 g/mol. The molecule has 0 unspecified atom stereocenters. The van der Waals surface area contributed by atoms with Gasteiger partial charge in [-0.2, -0.15) is 0 Å². The van der Waals surface area contributed by atoms with Gasteiger partial charge in [-0.05, 0) is 18.6 Å². The molecule has 1 aromatic carbocycles. The second kappa shape index (κ2) is 5.73. The van der Waals surface area contributed by atoms with Gasteiger partial charge in [0.1, 0.15) is 5.52 Å². The third-order valence-electron chi connectivity index (χ3n) is 3.54. The number of guanidine groups is 1. The van der Waals surface area contributed by atoms with Crippen LogP contribution in [-0.4, -0.2) is 17.5 Å². The topological polar surface area (TPSA) is 95.9 Å². The van der Waals surface area contributed by atoms with Gasteiger partial charge in [0, 0.05) is 33.2 Å². The van der Waals surface area contributed by atoms with E-state index in [2.05, 4.69) is 55.2 Å². The Morgan fingerprint density at radius 2 is 2.10 bits per heavy atom. The molecule has 0 saturated heterocycles. The minimum atomic E-state index is 0.271. The van der Waals surface area contributed by atoms with Crippen LogP contribution in [0, 0.1) is 0 Å². The first-order chi connectivity index (χ1) is 10.1. The van der Waals surface area contributed by atoms with Crippen LogP contribution in [0.3, 0.4) is 0 Å². The summed E-state index contributed by atoms with van der Waals surface area (Å²) in [7, 11) is 0. The molecule has 0 fully saturated rings. The molecule has 3 aromatic rings. The van der Waals surface area contributed by atoms with Crippen molar-refractivity contribution in [1.82, 2.24) is 4.98 Å². The highest BCUT2D eigenvalue weighted by molar-refractivity contribution is 9.10. The fourth-order valence-electron chi connectivity index (χ4n) is 2.60. The molecule has 0 radical (unpaired) electrons. The van der Waals surface area contributed by atoms with Crippen molar-refractivity contribution >= 4 is 43.7 Å². The van der Waals surface area contributed by atoms with Gasteiger partial charge in [-0.3, -0.25) is 16.5 Å². The SMILES string of the molecule is NC(N)=[NH+]CCCc1[nH+]ccc2c1[nH]c1cc(Br)ccc12. The summed E-state index contributed by atoms with van der Waals surface area (Å²) in [5.74, 6) is 0.271. The fraction of sp³-hybridized carbons (Fsp3) is 0.200. The lowest BCUT2D eigenvalue weighted by atomic mass is 10.1. The predicted molar refractivity (Wildman–Crippen MR) is 87.6 cm³/mol. The molecule has 0 spiro atoms. The van der Waals surface area contributed by atoms with E-state index in [9.17, 15) is 0 Å². The molecule has 0 amide bonds. The van der Waals surface area contributed by atoms with Gasteiger partial charge in [0.05, 0.1) is 6.54 Å². The van der Waals surface area contributed by atoms with Gasteiger partial charge in [0.15, 0.2) is 6.20 Å². The first kappa shape index (κ1) is 13.9. The van der Waals surface area contributed by atoms with Crippen LogP contribution in [0.4, 0.5) is 0 Å². The van der Waals surface area contributed by atoms with Crippen molar-refractivity contribution in [3.8, 4) is 0 Å². The third-order valence-corrected chi connectivity index (χ3v) is 4.04. The molecule has 0 aliphatic heterocycles. The van der Waals surface area contributed by atoms with Crippen LogP contribution < -0.4 is 21.4 Å². The van der Waals surface area contributed by atoms with Crippen LogP contribution in [0.15, 0.2) is 34.9 Å². The van der Waals surface area contributed by atoms with Crippen LogP contribution in [0.1, 0.15) is 12.1 Å². The van der Waals surface area contributed by atoms with Crippen LogP contribution >= 0.6 is 15.9 Å². The Labute approximate surface area is 130 Å². The van der Waals surface area contributed by atoms with Crippen molar-refractivity contribution < 1.29 is 9.98 Å². The Kier molecular flexibility index (Phi) is 3.79. The maximum absolute atomic E-state index is 5.39. The molecule has 108 valence electrons. The first-order valence-electron chi connectivity index (χ1n) is 6.87. The number of H-pyrrole nitrogens is 2. The summed E-state index contributed by atoms with van der Waals surface area (Å²) in [5, 5.41) is 2.48. The summed E-state index contributed by atoms with van der Waals surface area (Å²) in [6.07, 6.45) is 3.86. The summed E-state index contributed by atoms with van der Waals surface area (Å²) >= 11 is 3.51. The lowest BCUT2D eigenvalue weighted by molar-refractivity contribution is -0.460. The number of halogens is 1. The summed E-state index contributed by atoms with van der Waals surface area (Å²) < 4.78 is 1.07. The van der Waals surface area contributed by atoms with Crippen molar-refractivity contribution in [2.24, 2.45) is 11.5 Å². The van der Waals surface area contributed by atoms with Crippen molar-refractivity contribution in [2.45, 2.75) is 12.8 Å². The molecule has 0 saturated carbocycles. The number of pyridine rings is 1. The molecule has 6 heteroatoms. The third kappa shape index (κ3) is 2.85. The normalized spacial score (nSPS) is 11.1. The van der Waals surface area contributed by atoms with Gasteiger partial charge in [0.25, 0.3) is 0 Å². The van der Waals surface area contributed by atoms with E-state index >= 15 is 0 Å². The molecule has 0 atom stereocenters. The highest BCUT2D eigenvalue weighted by atomic mass is 79.9. The maximum Gasteiger partial charge on any atom is 0.338 e. The van der Waals surface area contributed by atoms with Crippen LogP contribution in [0.25, 0.3) is 21.8 Å². The Balaban J connectivity index is 1.96. The number of hydrogen-bond acceptors (Lipinski definition) is 0. The van der Waals surface area contributed by atoms with Crippen molar-refractivity contribution in [3.63, 3.8) is 0 Å². The van der Waals surface area contributed by atoms with E-state index in [0.29, 0.717) is 0 Å². The zero-order valence-electron chi connectivity index (χ0n) is 11.5. The lowest BCUT2D eigenvalue weighted by Gasteiger charge is -1.95. The van der Waals surface area contributed by atoms with Crippen molar-refractivity contribution in [1.29, 1.82) is 0 Å². The van der Waals surface area contributed by atoms with Crippen LogP contribution in [0.5, 0.6) is 0 Å². The Morgan fingerprint density at radius 1 is 1.24 bits per heavy atom. The minimum Gasteiger partial charge on any atom is -0.349 e. The number of fused-ring (bicyclic) bond motifs is 3. The van der Waals surface area contributed by atoms with Crippen LogP contribution in [-0.2, 0) is 6.42 Å². The second-order valence-electron chi connectivity index (χ2n) is 5.05. The Bertz CT molecular complexity index is 817. The van der Waals surface area contributed by atoms with E-state index in [0.717, 1.165) is 34.9 Å². The number of hydrogen-bond donors (Lipinski definition) is 4. The van der Waals surface area contributed by atoms with Gasteiger partial charge in [-0.25, -0.2) is 4.98 Å². The maximum atomic E-state index is 5.39. The zero-order valence-corrected chi connectivity index (χ0v) is 13.1. The molecule has 0 aliphatic rings. The smallest absolute Gasteiger partial charge is 0.338 e. The summed E-state index contributed by atoms with van der Waals surface area (Å²) in [6, 6.07) is 8.41. The quantitative estimate of drug-likeness (QED) is 0.308. The number of aromatic amines is 2. The summed E-state index contributed by atoms with van der Waals surface area (Å²) in [5.41, 5.74) is 14.3. The van der Waals surface area contributed by atoms with Gasteiger partial charge < -0.3 is 4.98 Å². The van der Waals surface area contributed by atoms with E-state index in [1.807, 2.05) is 6.20 Å². The summed E-state index contributed by atoms with van der Waals surface area (Å²) in [6.45, 7) is 0.762. The summed E-state index contributed by atoms with van der Waals surface area (Å²) in [4.78, 5) is 9.78. The van der Waals surface area contributed by atoms with E-state index < -0.39 is 0 Å². The zero-order chi connectivity index (χ0) is 14.8. The highest BCUT2D eigenvalue weighted by Crippen LogP contribution is 2.28. The van der Waals surface area contributed by atoms with Gasteiger partial charge in [-0.15, -0.1) is 0 Å². The number of aryl methyl sites for hydroxylation is 1. The standard InChI is InChI=1S/C15H16BrN5/c16-9-3-4-10-11-5-7-19-12(2-1-6-20-15(17)18)14(11)21-13(10)8-9/h3-5,7-8,21H,1-2,6H2,(H4,17,18,20)/p+2. The van der Waals surface area contributed by atoms with Gasteiger partial charge >= 0.3 is 5.96 Å². The molecular formula is C15H18BrN5+2. The highest BCUT2D eigenvalue weighted by Gasteiger charge is 2.13. The number of nitrogens with two attached hydrogens (primary N) is 2. The molecule has 0 aliphatic carbocycles. The number of nitrogens with one attached hydrogen (secondary N) is 3. The molecule has 5 nitrogen and oxygen atoms in total. The van der Waals surface area contributed by atoms with E-state index in [1.54, 1.807) is 0 Å². The molecule has 2 aromatic heterocycles. The van der Waals surface area contributed by atoms with E-state index in [4.69, 9.17) is 11.5 Å². The fourth-order valence-corrected chi connectivity index (χ4v) is 2.96. The second-order valence-corrected chi connectivity index (χ2v) is 5.96. The molecule has 21 heavy (non-hydrogen) atoms. The van der Waals surface area contributed by atoms with E-state index in [1.165, 1.54) is 16.5 Å². The minimum absolute atomic E-state index is 0.271. The van der Waals surface area contributed by atoms with Crippen molar-refractivity contribution in [3.05, 3.63) is 40.6 Å². The molecule has 3 rings (SSSR count). The van der Waals surface area contributed by atoms with Gasteiger partial charge in [-0.1, -0.05) is 22.0 Å². The number of benzene rings is 1. The lowest BCUT2D eigenvalue weighted by Crippen LogP contribution is -2.78. The van der Waals surface area contributed by atoms with Crippen molar-refractivity contribution in [2.75, 3.05) is 6.54 Å². The average Bonchev–Trinajstić information content (AvgIpc) is 2.81.